The summed E-state index contributed by atoms with van der Waals surface area (Å²) in [5.74, 6) is 3.05. The standard InChI is InChI=1S/C14H20N4O2S/c1-9-16-17-14(18(9)2)21-8-12(15)11-6-5-10(19-3)7-13(11)20-4/h5-7,12H,8,15H2,1-4H3. The minimum absolute atomic E-state index is 0.159. The molecule has 0 saturated carbocycles. The number of nitrogens with zero attached hydrogens (tertiary/aromatic N) is 3. The molecule has 114 valence electrons. The smallest absolute Gasteiger partial charge is 0.191 e. The van der Waals surface area contributed by atoms with Gasteiger partial charge < -0.3 is 19.8 Å². The second kappa shape index (κ2) is 6.82. The summed E-state index contributed by atoms with van der Waals surface area (Å²) in [6.45, 7) is 1.92. The van der Waals surface area contributed by atoms with Crippen molar-refractivity contribution >= 4 is 11.8 Å². The van der Waals surface area contributed by atoms with Crippen molar-refractivity contribution in [2.75, 3.05) is 20.0 Å². The topological polar surface area (TPSA) is 75.2 Å². The maximum Gasteiger partial charge on any atom is 0.191 e. The molecule has 2 rings (SSSR count). The normalized spacial score (nSPS) is 12.2. The molecule has 0 aliphatic carbocycles. The fourth-order valence-electron chi connectivity index (χ4n) is 1.89. The Morgan fingerprint density at radius 1 is 1.29 bits per heavy atom. The quantitative estimate of drug-likeness (QED) is 0.822. The van der Waals surface area contributed by atoms with Crippen LogP contribution in [0.1, 0.15) is 17.4 Å². The van der Waals surface area contributed by atoms with E-state index in [9.17, 15) is 0 Å². The van der Waals surface area contributed by atoms with Crippen molar-refractivity contribution < 1.29 is 9.47 Å². The van der Waals surface area contributed by atoms with Crippen molar-refractivity contribution in [1.82, 2.24) is 14.8 Å². The Morgan fingerprint density at radius 3 is 2.62 bits per heavy atom. The van der Waals surface area contributed by atoms with Crippen LogP contribution in [0.25, 0.3) is 0 Å². The van der Waals surface area contributed by atoms with E-state index < -0.39 is 0 Å². The van der Waals surface area contributed by atoms with Crippen molar-refractivity contribution in [3.63, 3.8) is 0 Å². The highest BCUT2D eigenvalue weighted by Crippen LogP contribution is 2.31. The Hall–Kier alpha value is -1.73. The van der Waals surface area contributed by atoms with E-state index in [1.54, 1.807) is 26.0 Å². The van der Waals surface area contributed by atoms with Gasteiger partial charge in [0.1, 0.15) is 17.3 Å². The van der Waals surface area contributed by atoms with Crippen molar-refractivity contribution in [2.45, 2.75) is 18.1 Å². The summed E-state index contributed by atoms with van der Waals surface area (Å²) in [7, 11) is 5.20. The highest BCUT2D eigenvalue weighted by atomic mass is 32.2. The first-order chi connectivity index (χ1) is 10.1. The fraction of sp³-hybridized carbons (Fsp3) is 0.429. The molecule has 0 spiro atoms. The summed E-state index contributed by atoms with van der Waals surface area (Å²) < 4.78 is 12.5. The molecule has 6 nitrogen and oxygen atoms in total. The highest BCUT2D eigenvalue weighted by molar-refractivity contribution is 7.99. The SMILES string of the molecule is COc1ccc(C(N)CSc2nnc(C)n2C)c(OC)c1. The summed E-state index contributed by atoms with van der Waals surface area (Å²) in [6, 6.07) is 5.50. The maximum absolute atomic E-state index is 6.27. The van der Waals surface area contributed by atoms with E-state index in [1.807, 2.05) is 36.7 Å². The number of thioether (sulfide) groups is 1. The van der Waals surface area contributed by atoms with E-state index in [-0.39, 0.29) is 6.04 Å². The van der Waals surface area contributed by atoms with Crippen molar-refractivity contribution in [2.24, 2.45) is 12.8 Å². The van der Waals surface area contributed by atoms with Crippen LogP contribution in [0.4, 0.5) is 0 Å². The van der Waals surface area contributed by atoms with E-state index >= 15 is 0 Å². The maximum atomic E-state index is 6.27. The number of aryl methyl sites for hydroxylation is 1. The summed E-state index contributed by atoms with van der Waals surface area (Å²) in [4.78, 5) is 0. The van der Waals surface area contributed by atoms with Gasteiger partial charge in [0.25, 0.3) is 0 Å². The molecule has 2 N–H and O–H groups in total. The van der Waals surface area contributed by atoms with Crippen LogP contribution in [0.15, 0.2) is 23.4 Å². The van der Waals surface area contributed by atoms with Crippen molar-refractivity contribution in [3.8, 4) is 11.5 Å². The van der Waals surface area contributed by atoms with Gasteiger partial charge in [0.15, 0.2) is 5.16 Å². The van der Waals surface area contributed by atoms with Crippen LogP contribution in [-0.4, -0.2) is 34.7 Å². The van der Waals surface area contributed by atoms with Gasteiger partial charge in [-0.05, 0) is 13.0 Å². The number of rotatable bonds is 6. The Balaban J connectivity index is 2.09. The minimum Gasteiger partial charge on any atom is -0.497 e. The van der Waals surface area contributed by atoms with E-state index in [0.717, 1.165) is 28.0 Å². The molecular weight excluding hydrogens is 288 g/mol. The van der Waals surface area contributed by atoms with Crippen LogP contribution in [0.5, 0.6) is 11.5 Å². The first-order valence-electron chi connectivity index (χ1n) is 6.53. The third-order valence-corrected chi connectivity index (χ3v) is 4.42. The molecule has 1 aromatic carbocycles. The summed E-state index contributed by atoms with van der Waals surface area (Å²) in [5, 5.41) is 9.01. The fourth-order valence-corrected chi connectivity index (χ4v) is 2.82. The molecule has 7 heteroatoms. The number of hydrogen-bond donors (Lipinski definition) is 1. The number of methoxy groups -OCH3 is 2. The highest BCUT2D eigenvalue weighted by Gasteiger charge is 2.15. The zero-order valence-electron chi connectivity index (χ0n) is 12.7. The molecule has 0 saturated heterocycles. The van der Waals surface area contributed by atoms with E-state index in [4.69, 9.17) is 15.2 Å². The van der Waals surface area contributed by atoms with Gasteiger partial charge >= 0.3 is 0 Å². The molecule has 2 aromatic rings. The summed E-state index contributed by atoms with van der Waals surface area (Å²) in [5.41, 5.74) is 7.22. The average molecular weight is 308 g/mol. The Kier molecular flexibility index (Phi) is 5.08. The first-order valence-corrected chi connectivity index (χ1v) is 7.51. The molecular formula is C14H20N4O2S. The second-order valence-corrected chi connectivity index (χ2v) is 5.60. The van der Waals surface area contributed by atoms with Crippen LogP contribution in [-0.2, 0) is 7.05 Å². The largest absolute Gasteiger partial charge is 0.497 e. The lowest BCUT2D eigenvalue weighted by Gasteiger charge is -2.16. The zero-order valence-corrected chi connectivity index (χ0v) is 13.5. The van der Waals surface area contributed by atoms with E-state index in [1.165, 1.54) is 0 Å². The molecule has 1 heterocycles. The molecule has 0 aliphatic heterocycles. The molecule has 21 heavy (non-hydrogen) atoms. The number of hydrogen-bond acceptors (Lipinski definition) is 6. The lowest BCUT2D eigenvalue weighted by atomic mass is 10.1. The molecule has 1 atom stereocenters. The van der Waals surface area contributed by atoms with Crippen molar-refractivity contribution in [3.05, 3.63) is 29.6 Å². The average Bonchev–Trinajstić information content (AvgIpc) is 2.83. The van der Waals surface area contributed by atoms with Gasteiger partial charge in [-0.1, -0.05) is 17.8 Å². The summed E-state index contributed by atoms with van der Waals surface area (Å²) in [6.07, 6.45) is 0. The monoisotopic (exact) mass is 308 g/mol. The molecule has 0 radical (unpaired) electrons. The lowest BCUT2D eigenvalue weighted by molar-refractivity contribution is 0.389. The molecule has 1 aromatic heterocycles. The number of aromatic nitrogens is 3. The van der Waals surface area contributed by atoms with E-state index in [0.29, 0.717) is 5.75 Å². The van der Waals surface area contributed by atoms with Crippen LogP contribution < -0.4 is 15.2 Å². The predicted octanol–water partition coefficient (Wildman–Crippen LogP) is 1.93. The van der Waals surface area contributed by atoms with Crippen LogP contribution in [0, 0.1) is 6.92 Å². The van der Waals surface area contributed by atoms with Crippen LogP contribution >= 0.6 is 11.8 Å². The van der Waals surface area contributed by atoms with Gasteiger partial charge in [0, 0.05) is 30.5 Å². The third kappa shape index (κ3) is 3.48. The second-order valence-electron chi connectivity index (χ2n) is 4.61. The Morgan fingerprint density at radius 2 is 2.05 bits per heavy atom. The van der Waals surface area contributed by atoms with Gasteiger partial charge in [-0.2, -0.15) is 0 Å². The minimum atomic E-state index is -0.159. The van der Waals surface area contributed by atoms with Gasteiger partial charge in [-0.3, -0.25) is 0 Å². The molecule has 1 unspecified atom stereocenters. The van der Waals surface area contributed by atoms with Gasteiger partial charge in [0.2, 0.25) is 0 Å². The van der Waals surface area contributed by atoms with Crippen molar-refractivity contribution in [1.29, 1.82) is 0 Å². The van der Waals surface area contributed by atoms with Crippen LogP contribution in [0.3, 0.4) is 0 Å². The van der Waals surface area contributed by atoms with Crippen LogP contribution in [0.2, 0.25) is 0 Å². The number of ether oxygens (including phenoxy) is 2. The Labute approximate surface area is 128 Å². The van der Waals surface area contributed by atoms with Gasteiger partial charge in [-0.25, -0.2) is 0 Å². The Bertz CT molecular complexity index is 615. The molecule has 0 aliphatic rings. The zero-order chi connectivity index (χ0) is 15.4. The molecule has 0 bridgehead atoms. The van der Waals surface area contributed by atoms with Gasteiger partial charge in [0.05, 0.1) is 14.2 Å². The van der Waals surface area contributed by atoms with Gasteiger partial charge in [-0.15, -0.1) is 10.2 Å². The first kappa shape index (κ1) is 15.7. The lowest BCUT2D eigenvalue weighted by Crippen LogP contribution is -2.14. The number of benzene rings is 1. The third-order valence-electron chi connectivity index (χ3n) is 3.28. The number of nitrogens with two attached hydrogens (primary N) is 1. The summed E-state index contributed by atoms with van der Waals surface area (Å²) >= 11 is 1.58. The predicted molar refractivity (Wildman–Crippen MR) is 82.9 cm³/mol. The molecule has 0 amide bonds. The molecule has 0 fully saturated rings. The van der Waals surface area contributed by atoms with E-state index in [2.05, 4.69) is 10.2 Å².